The van der Waals surface area contributed by atoms with Gasteiger partial charge in [0.2, 0.25) is 0 Å². The maximum Gasteiger partial charge on any atom is 0.320 e. The Kier molecular flexibility index (Phi) is 17.4. The maximum atomic E-state index is 11.1. The van der Waals surface area contributed by atoms with E-state index in [9.17, 15) is 4.79 Å². The highest BCUT2D eigenvalue weighted by Crippen LogP contribution is 2.12. The van der Waals surface area contributed by atoms with Crippen LogP contribution >= 0.6 is 0 Å². The zero-order valence-corrected chi connectivity index (χ0v) is 17.1. The summed E-state index contributed by atoms with van der Waals surface area (Å²) in [6, 6.07) is -0.322. The Hall–Kier alpha value is -0.830. The summed E-state index contributed by atoms with van der Waals surface area (Å²) in [7, 11) is 3.69. The normalized spacial score (nSPS) is 13.0. The van der Waals surface area contributed by atoms with Gasteiger partial charge in [0, 0.05) is 0 Å². The third-order valence-corrected chi connectivity index (χ3v) is 4.90. The van der Waals surface area contributed by atoms with Crippen LogP contribution in [0.2, 0.25) is 0 Å². The van der Waals surface area contributed by atoms with E-state index in [1.165, 1.54) is 77.0 Å². The van der Waals surface area contributed by atoms with Gasteiger partial charge in [0.15, 0.2) is 0 Å². The maximum absolute atomic E-state index is 11.1. The summed E-state index contributed by atoms with van der Waals surface area (Å²) in [5, 5.41) is 9.12. The zero-order chi connectivity index (χ0) is 18.8. The van der Waals surface area contributed by atoms with Gasteiger partial charge in [0.1, 0.15) is 6.04 Å². The fourth-order valence-corrected chi connectivity index (χ4v) is 3.19. The molecule has 0 fully saturated rings. The van der Waals surface area contributed by atoms with Crippen molar-refractivity contribution in [2.24, 2.45) is 0 Å². The van der Waals surface area contributed by atoms with Gasteiger partial charge in [-0.3, -0.25) is 9.69 Å². The van der Waals surface area contributed by atoms with Crippen molar-refractivity contribution in [3.63, 3.8) is 0 Å². The van der Waals surface area contributed by atoms with Gasteiger partial charge in [0.05, 0.1) is 0 Å². The number of hydrogen-bond donors (Lipinski definition) is 1. The smallest absolute Gasteiger partial charge is 0.320 e. The molecule has 1 N–H and O–H groups in total. The Morgan fingerprint density at radius 2 is 1.24 bits per heavy atom. The molecule has 0 bridgehead atoms. The molecule has 1 atom stereocenters. The minimum absolute atomic E-state index is 0.322. The van der Waals surface area contributed by atoms with E-state index in [0.29, 0.717) is 0 Å². The number of carbonyl (C=O) groups is 1. The number of nitrogens with zero attached hydrogens (tertiary/aromatic N) is 1. The molecule has 0 heterocycles. The van der Waals surface area contributed by atoms with Crippen molar-refractivity contribution in [1.82, 2.24) is 4.90 Å². The van der Waals surface area contributed by atoms with Gasteiger partial charge < -0.3 is 5.11 Å². The third-order valence-electron chi connectivity index (χ3n) is 4.90. The van der Waals surface area contributed by atoms with Crippen LogP contribution in [-0.4, -0.2) is 36.1 Å². The van der Waals surface area contributed by atoms with Crippen molar-refractivity contribution in [1.29, 1.82) is 0 Å². The summed E-state index contributed by atoms with van der Waals surface area (Å²) in [5.74, 6) is -0.697. The topological polar surface area (TPSA) is 40.5 Å². The Morgan fingerprint density at radius 1 is 0.800 bits per heavy atom. The quantitative estimate of drug-likeness (QED) is 0.228. The van der Waals surface area contributed by atoms with Crippen molar-refractivity contribution in [3.05, 3.63) is 12.2 Å². The lowest BCUT2D eigenvalue weighted by Crippen LogP contribution is -2.35. The summed E-state index contributed by atoms with van der Waals surface area (Å²) >= 11 is 0. The average molecular weight is 354 g/mol. The van der Waals surface area contributed by atoms with Gasteiger partial charge in [-0.1, -0.05) is 83.3 Å². The zero-order valence-electron chi connectivity index (χ0n) is 17.1. The number of unbranched alkanes of at least 4 members (excludes halogenated alkanes) is 12. The average Bonchev–Trinajstić information content (AvgIpc) is 2.57. The lowest BCUT2D eigenvalue weighted by atomic mass is 10.0. The molecule has 3 heteroatoms. The molecule has 0 aliphatic rings. The molecule has 0 saturated carbocycles. The van der Waals surface area contributed by atoms with Crippen LogP contribution in [0.15, 0.2) is 12.2 Å². The van der Waals surface area contributed by atoms with Crippen molar-refractivity contribution >= 4 is 5.97 Å². The summed E-state index contributed by atoms with van der Waals surface area (Å²) in [4.78, 5) is 12.9. The predicted octanol–water partition coefficient (Wildman–Crippen LogP) is 6.43. The van der Waals surface area contributed by atoms with Crippen LogP contribution < -0.4 is 0 Å². The van der Waals surface area contributed by atoms with E-state index in [-0.39, 0.29) is 6.04 Å². The largest absolute Gasteiger partial charge is 0.480 e. The number of allylic oxidation sites excluding steroid dienone is 2. The molecule has 0 aromatic rings. The van der Waals surface area contributed by atoms with Crippen LogP contribution in [0.1, 0.15) is 103 Å². The molecule has 25 heavy (non-hydrogen) atoms. The first-order valence-electron chi connectivity index (χ1n) is 10.6. The number of likely N-dealkylation sites (N-methyl/N-ethyl adjacent to an activating group) is 1. The van der Waals surface area contributed by atoms with Crippen molar-refractivity contribution < 1.29 is 9.90 Å². The molecule has 0 aliphatic heterocycles. The number of rotatable bonds is 18. The van der Waals surface area contributed by atoms with Gasteiger partial charge in [-0.25, -0.2) is 0 Å². The summed E-state index contributed by atoms with van der Waals surface area (Å²) in [6.45, 7) is 2.27. The van der Waals surface area contributed by atoms with Crippen molar-refractivity contribution in [2.45, 2.75) is 109 Å². The third kappa shape index (κ3) is 16.4. The Balaban J connectivity index is 3.30. The van der Waals surface area contributed by atoms with Gasteiger partial charge in [0.25, 0.3) is 0 Å². The molecule has 0 saturated heterocycles. The second kappa shape index (κ2) is 18.0. The fraction of sp³-hybridized carbons (Fsp3) is 0.864. The highest BCUT2D eigenvalue weighted by atomic mass is 16.4. The molecule has 0 unspecified atom stereocenters. The minimum Gasteiger partial charge on any atom is -0.480 e. The Labute approximate surface area is 156 Å². The summed E-state index contributed by atoms with van der Waals surface area (Å²) < 4.78 is 0. The number of carboxylic acid groups (broad SMARTS) is 1. The molecule has 0 amide bonds. The monoisotopic (exact) mass is 353 g/mol. The van der Waals surface area contributed by atoms with Crippen molar-refractivity contribution in [2.75, 3.05) is 14.1 Å². The van der Waals surface area contributed by atoms with Crippen LogP contribution in [0.25, 0.3) is 0 Å². The first-order valence-corrected chi connectivity index (χ1v) is 10.6. The van der Waals surface area contributed by atoms with Crippen molar-refractivity contribution in [3.8, 4) is 0 Å². The molecule has 148 valence electrons. The molecular formula is C22H43NO2. The van der Waals surface area contributed by atoms with E-state index in [2.05, 4.69) is 19.1 Å². The predicted molar refractivity (Wildman–Crippen MR) is 109 cm³/mol. The van der Waals surface area contributed by atoms with Gasteiger partial charge >= 0.3 is 5.97 Å². The van der Waals surface area contributed by atoms with Gasteiger partial charge in [-0.05, 0) is 46.2 Å². The van der Waals surface area contributed by atoms with Crippen LogP contribution in [-0.2, 0) is 4.79 Å². The minimum atomic E-state index is -0.697. The highest BCUT2D eigenvalue weighted by molar-refractivity contribution is 5.73. The second-order valence-corrected chi connectivity index (χ2v) is 7.54. The summed E-state index contributed by atoms with van der Waals surface area (Å²) in [6.07, 6.45) is 23.5. The van der Waals surface area contributed by atoms with E-state index < -0.39 is 5.97 Å². The number of aliphatic carboxylic acids is 1. The highest BCUT2D eigenvalue weighted by Gasteiger charge is 2.18. The second-order valence-electron chi connectivity index (χ2n) is 7.54. The molecule has 0 aromatic carbocycles. The lowest BCUT2D eigenvalue weighted by molar-refractivity contribution is -0.142. The Morgan fingerprint density at radius 3 is 1.68 bits per heavy atom. The van der Waals surface area contributed by atoms with Gasteiger partial charge in [-0.15, -0.1) is 0 Å². The lowest BCUT2D eigenvalue weighted by Gasteiger charge is -2.19. The molecule has 3 nitrogen and oxygen atoms in total. The van der Waals surface area contributed by atoms with Crippen LogP contribution in [0.4, 0.5) is 0 Å². The van der Waals surface area contributed by atoms with E-state index in [1.54, 1.807) is 4.90 Å². The number of carboxylic acids is 1. The summed E-state index contributed by atoms with van der Waals surface area (Å²) in [5.41, 5.74) is 0. The molecular weight excluding hydrogens is 310 g/mol. The van der Waals surface area contributed by atoms with Crippen LogP contribution in [0, 0.1) is 0 Å². The SMILES string of the molecule is CCCCCCCC/C=C\CCCCCCCC[C@@H](C(=O)O)N(C)C. The first-order chi connectivity index (χ1) is 12.1. The van der Waals surface area contributed by atoms with Crippen LogP contribution in [0.3, 0.4) is 0 Å². The molecule has 0 spiro atoms. The van der Waals surface area contributed by atoms with E-state index >= 15 is 0 Å². The fourth-order valence-electron chi connectivity index (χ4n) is 3.19. The van der Waals surface area contributed by atoms with Crippen LogP contribution in [0.5, 0.6) is 0 Å². The molecule has 0 rings (SSSR count). The Bertz CT molecular complexity index is 326. The van der Waals surface area contributed by atoms with E-state index in [4.69, 9.17) is 5.11 Å². The molecule has 0 aliphatic carbocycles. The first kappa shape index (κ1) is 24.2. The standard InChI is InChI=1S/C22H43NO2/c1-4-5-6-7-8-9-10-11-12-13-14-15-16-17-18-19-20-21(22(24)25)23(2)3/h11-12,21H,4-10,13-20H2,1-3H3,(H,24,25)/b12-11-/t21-/m0/s1. The number of hydrogen-bond acceptors (Lipinski definition) is 2. The van der Waals surface area contributed by atoms with E-state index in [0.717, 1.165) is 19.3 Å². The van der Waals surface area contributed by atoms with Gasteiger partial charge in [-0.2, -0.15) is 0 Å². The molecule has 0 aromatic heterocycles. The van der Waals surface area contributed by atoms with E-state index in [1.807, 2.05) is 14.1 Å². The molecule has 0 radical (unpaired) electrons.